The number of ether oxygens (including phenoxy) is 1. The molecule has 3 fully saturated rings. The van der Waals surface area contributed by atoms with E-state index in [-0.39, 0.29) is 5.95 Å². The molecule has 2 bridgehead atoms. The van der Waals surface area contributed by atoms with Gasteiger partial charge < -0.3 is 19.9 Å². The largest absolute Gasteiger partial charge is 0.368 e. The lowest BCUT2D eigenvalue weighted by molar-refractivity contribution is -0.0219. The van der Waals surface area contributed by atoms with Crippen molar-refractivity contribution in [3.8, 4) is 11.4 Å². The van der Waals surface area contributed by atoms with Crippen LogP contribution in [-0.4, -0.2) is 48.7 Å². The van der Waals surface area contributed by atoms with Gasteiger partial charge in [0.2, 0.25) is 5.95 Å². The molecular weight excluding hydrogens is 368 g/mol. The average molecular weight is 392 g/mol. The molecule has 6 heterocycles. The minimum absolute atomic E-state index is 0.243. The van der Waals surface area contributed by atoms with Gasteiger partial charge in [0, 0.05) is 38.1 Å². The number of nitrogen functional groups attached to an aromatic ring is 1. The second kappa shape index (κ2) is 5.85. The minimum atomic E-state index is -0.466. The van der Waals surface area contributed by atoms with Crippen molar-refractivity contribution in [3.05, 3.63) is 18.2 Å². The fraction of sp³-hybridized carbons (Fsp3) is 0.550. The van der Waals surface area contributed by atoms with Crippen LogP contribution in [0.2, 0.25) is 0 Å². The Labute approximate surface area is 168 Å². The van der Waals surface area contributed by atoms with Gasteiger partial charge in [0.1, 0.15) is 11.4 Å². The van der Waals surface area contributed by atoms with E-state index in [1.807, 2.05) is 0 Å². The molecule has 0 atom stereocenters. The zero-order valence-corrected chi connectivity index (χ0v) is 16.7. The number of rotatable bonds is 2. The van der Waals surface area contributed by atoms with Gasteiger partial charge in [-0.25, -0.2) is 24.9 Å². The average Bonchev–Trinajstić information content (AvgIpc) is 3.35. The number of hydrogen-bond donors (Lipinski definition) is 1. The van der Waals surface area contributed by atoms with E-state index in [2.05, 4.69) is 33.3 Å². The van der Waals surface area contributed by atoms with E-state index in [0.717, 1.165) is 53.8 Å². The standard InChI is InChI=1S/C20H24N8O/c1-20(2)18-24-14-16(27(18)4-3-5-29-20)25-15(12-8-22-19(21)23-9-12)26-17(14)28-10-11-6-13(28)7-11/h8-9,11,13H,3-7,10H2,1-2H3,(H2,21,22,23). The third kappa shape index (κ3) is 2.53. The predicted octanol–water partition coefficient (Wildman–Crippen LogP) is 2.12. The summed E-state index contributed by atoms with van der Waals surface area (Å²) in [7, 11) is 0. The summed E-state index contributed by atoms with van der Waals surface area (Å²) in [5, 5.41) is 0. The summed E-state index contributed by atoms with van der Waals surface area (Å²) in [6.07, 6.45) is 6.78. The van der Waals surface area contributed by atoms with Crippen LogP contribution >= 0.6 is 0 Å². The first-order chi connectivity index (χ1) is 14.0. The van der Waals surface area contributed by atoms with E-state index >= 15 is 0 Å². The number of fused-ring (bicyclic) bond motifs is 4. The molecule has 0 spiro atoms. The first kappa shape index (κ1) is 17.1. The smallest absolute Gasteiger partial charge is 0.219 e. The first-order valence-electron chi connectivity index (χ1n) is 10.3. The Morgan fingerprint density at radius 1 is 1.14 bits per heavy atom. The molecular formula is C20H24N8O. The van der Waals surface area contributed by atoms with E-state index in [9.17, 15) is 0 Å². The maximum absolute atomic E-state index is 6.09. The molecule has 4 aliphatic rings. The molecule has 3 aromatic rings. The molecule has 29 heavy (non-hydrogen) atoms. The van der Waals surface area contributed by atoms with Gasteiger partial charge in [0.15, 0.2) is 22.8 Å². The third-order valence-electron chi connectivity index (χ3n) is 6.41. The molecule has 0 unspecified atom stereocenters. The Morgan fingerprint density at radius 2 is 1.93 bits per heavy atom. The predicted molar refractivity (Wildman–Crippen MR) is 108 cm³/mol. The molecule has 0 radical (unpaired) electrons. The van der Waals surface area contributed by atoms with Gasteiger partial charge in [-0.15, -0.1) is 0 Å². The Hall–Kier alpha value is -2.81. The summed E-state index contributed by atoms with van der Waals surface area (Å²) < 4.78 is 8.29. The number of nitrogens with two attached hydrogens (primary N) is 1. The van der Waals surface area contributed by atoms with Crippen molar-refractivity contribution in [2.45, 2.75) is 51.3 Å². The van der Waals surface area contributed by atoms with E-state index in [1.54, 1.807) is 12.4 Å². The number of aromatic nitrogens is 6. The quantitative estimate of drug-likeness (QED) is 0.706. The van der Waals surface area contributed by atoms with Crippen molar-refractivity contribution in [1.29, 1.82) is 0 Å². The van der Waals surface area contributed by atoms with E-state index in [4.69, 9.17) is 25.4 Å². The first-order valence-corrected chi connectivity index (χ1v) is 10.3. The summed E-state index contributed by atoms with van der Waals surface area (Å²) in [6, 6.07) is 0.555. The summed E-state index contributed by atoms with van der Waals surface area (Å²) in [6.45, 7) is 6.73. The van der Waals surface area contributed by atoms with E-state index in [0.29, 0.717) is 18.5 Å². The third-order valence-corrected chi connectivity index (χ3v) is 6.41. The second-order valence-electron chi connectivity index (χ2n) is 8.82. The highest BCUT2D eigenvalue weighted by Gasteiger charge is 2.44. The Morgan fingerprint density at radius 3 is 2.66 bits per heavy atom. The highest BCUT2D eigenvalue weighted by atomic mass is 16.5. The lowest BCUT2D eigenvalue weighted by Crippen LogP contribution is -2.29. The number of anilines is 2. The molecule has 3 aromatic heterocycles. The SMILES string of the molecule is CC1(C)OCCCn2c1nc1c(N3CC4CC3C4)nc(-c3cnc(N)nc3)nc12. The lowest BCUT2D eigenvalue weighted by atomic mass is 9.86. The molecule has 2 N–H and O–H groups in total. The summed E-state index contributed by atoms with van der Waals surface area (Å²) >= 11 is 0. The summed E-state index contributed by atoms with van der Waals surface area (Å²) in [4.78, 5) is 25.6. The maximum atomic E-state index is 6.09. The molecule has 9 nitrogen and oxygen atoms in total. The Kier molecular flexibility index (Phi) is 3.45. The number of imidazole rings is 1. The van der Waals surface area contributed by atoms with E-state index < -0.39 is 5.60 Å². The van der Waals surface area contributed by atoms with Gasteiger partial charge in [-0.3, -0.25) is 0 Å². The molecule has 3 aliphatic heterocycles. The fourth-order valence-electron chi connectivity index (χ4n) is 4.85. The molecule has 0 amide bonds. The van der Waals surface area contributed by atoms with Crippen LogP contribution in [0.4, 0.5) is 11.8 Å². The van der Waals surface area contributed by atoms with Crippen molar-refractivity contribution >= 4 is 22.9 Å². The molecule has 9 heteroatoms. The van der Waals surface area contributed by atoms with Gasteiger partial charge >= 0.3 is 0 Å². The van der Waals surface area contributed by atoms with Crippen LogP contribution in [0.15, 0.2) is 12.4 Å². The van der Waals surface area contributed by atoms with Crippen molar-refractivity contribution < 1.29 is 4.74 Å². The summed E-state index contributed by atoms with van der Waals surface area (Å²) in [5.74, 6) is 3.46. The fourth-order valence-corrected chi connectivity index (χ4v) is 4.85. The Bertz CT molecular complexity index is 1100. The van der Waals surface area contributed by atoms with Crippen LogP contribution in [0.3, 0.4) is 0 Å². The van der Waals surface area contributed by atoms with Crippen molar-refractivity contribution in [1.82, 2.24) is 29.5 Å². The highest BCUT2D eigenvalue weighted by molar-refractivity contribution is 5.87. The lowest BCUT2D eigenvalue weighted by Gasteiger charge is -2.26. The van der Waals surface area contributed by atoms with Crippen LogP contribution in [0, 0.1) is 5.92 Å². The monoisotopic (exact) mass is 392 g/mol. The highest BCUT2D eigenvalue weighted by Crippen LogP contribution is 2.45. The van der Waals surface area contributed by atoms with Gasteiger partial charge in [0.25, 0.3) is 0 Å². The zero-order chi connectivity index (χ0) is 19.8. The molecule has 150 valence electrons. The van der Waals surface area contributed by atoms with Crippen molar-refractivity contribution in [3.63, 3.8) is 0 Å². The van der Waals surface area contributed by atoms with Crippen LogP contribution in [0.5, 0.6) is 0 Å². The number of hydrogen-bond acceptors (Lipinski definition) is 8. The molecule has 7 rings (SSSR count). The van der Waals surface area contributed by atoms with Crippen LogP contribution in [0.25, 0.3) is 22.6 Å². The second-order valence-corrected chi connectivity index (χ2v) is 8.82. The van der Waals surface area contributed by atoms with Crippen LogP contribution in [0.1, 0.15) is 38.9 Å². The number of nitrogens with zero attached hydrogens (tertiary/aromatic N) is 7. The van der Waals surface area contributed by atoms with Gasteiger partial charge in [-0.05, 0) is 39.0 Å². The Balaban J connectivity index is 1.60. The zero-order valence-electron chi connectivity index (χ0n) is 16.7. The van der Waals surface area contributed by atoms with Crippen molar-refractivity contribution in [2.24, 2.45) is 5.92 Å². The molecule has 0 aromatic carbocycles. The van der Waals surface area contributed by atoms with Gasteiger partial charge in [-0.2, -0.15) is 0 Å². The topological polar surface area (TPSA) is 108 Å². The molecule has 2 saturated heterocycles. The van der Waals surface area contributed by atoms with Gasteiger partial charge in [-0.1, -0.05) is 0 Å². The molecule has 1 saturated carbocycles. The maximum Gasteiger partial charge on any atom is 0.219 e. The molecule has 1 aliphatic carbocycles. The van der Waals surface area contributed by atoms with Crippen molar-refractivity contribution in [2.75, 3.05) is 23.8 Å². The van der Waals surface area contributed by atoms with Crippen LogP contribution in [-0.2, 0) is 16.9 Å². The van der Waals surface area contributed by atoms with E-state index in [1.165, 1.54) is 12.8 Å². The van der Waals surface area contributed by atoms with Crippen LogP contribution < -0.4 is 10.6 Å². The summed E-state index contributed by atoms with van der Waals surface area (Å²) in [5.41, 5.74) is 7.69. The normalized spacial score (nSPS) is 25.0. The minimum Gasteiger partial charge on any atom is -0.368 e. The number of aryl methyl sites for hydroxylation is 1. The van der Waals surface area contributed by atoms with Gasteiger partial charge in [0.05, 0.1) is 5.56 Å².